The normalized spacial score (nSPS) is 20.4. The summed E-state index contributed by atoms with van der Waals surface area (Å²) in [4.78, 5) is 22.4. The second-order valence-electron chi connectivity index (χ2n) is 5.04. The number of benzene rings is 1. The molecule has 2 unspecified atom stereocenters. The highest BCUT2D eigenvalue weighted by Crippen LogP contribution is 2.35. The molecule has 1 aliphatic rings. The third kappa shape index (κ3) is 3.25. The number of furan rings is 1. The number of esters is 1. The summed E-state index contributed by atoms with van der Waals surface area (Å²) in [6, 6.07) is 10.0. The maximum atomic E-state index is 11.4. The molecule has 1 fully saturated rings. The third-order valence-electron chi connectivity index (χ3n) is 3.56. The van der Waals surface area contributed by atoms with Crippen LogP contribution in [0.4, 0.5) is 0 Å². The number of hydrogen-bond acceptors (Lipinski definition) is 6. The molecule has 1 aliphatic heterocycles. The van der Waals surface area contributed by atoms with E-state index >= 15 is 0 Å². The van der Waals surface area contributed by atoms with E-state index in [1.807, 2.05) is 12.1 Å². The fraction of sp³-hybridized carbons (Fsp3) is 0.250. The van der Waals surface area contributed by atoms with Gasteiger partial charge in [-0.25, -0.2) is 4.79 Å². The average molecular weight is 333 g/mol. The minimum absolute atomic E-state index is 0.167. The number of rotatable bonds is 4. The molecule has 2 N–H and O–H groups in total. The van der Waals surface area contributed by atoms with E-state index in [4.69, 9.17) is 9.52 Å². The number of ether oxygens (including phenoxy) is 1. The van der Waals surface area contributed by atoms with Crippen LogP contribution in [0.25, 0.3) is 11.3 Å². The predicted molar refractivity (Wildman–Crippen MR) is 85.2 cm³/mol. The molecule has 0 amide bonds. The Balaban J connectivity index is 1.74. The van der Waals surface area contributed by atoms with E-state index in [2.05, 4.69) is 10.1 Å². The molecule has 3 rings (SSSR count). The maximum Gasteiger partial charge on any atom is 0.337 e. The Morgan fingerprint density at radius 2 is 2.00 bits per heavy atom. The van der Waals surface area contributed by atoms with Crippen LogP contribution in [0.15, 0.2) is 40.8 Å². The average Bonchev–Trinajstić information content (AvgIpc) is 3.23. The number of nitrogens with one attached hydrogen (secondary N) is 1. The summed E-state index contributed by atoms with van der Waals surface area (Å²) >= 11 is 1.50. The Kier molecular flexibility index (Phi) is 4.40. The van der Waals surface area contributed by atoms with Gasteiger partial charge in [0.2, 0.25) is 0 Å². The fourth-order valence-corrected chi connectivity index (χ4v) is 3.49. The van der Waals surface area contributed by atoms with Crippen molar-refractivity contribution < 1.29 is 23.8 Å². The predicted octanol–water partition coefficient (Wildman–Crippen LogP) is 2.52. The van der Waals surface area contributed by atoms with Gasteiger partial charge in [-0.15, -0.1) is 11.8 Å². The van der Waals surface area contributed by atoms with E-state index in [0.29, 0.717) is 22.8 Å². The van der Waals surface area contributed by atoms with Gasteiger partial charge in [-0.3, -0.25) is 10.1 Å². The topological polar surface area (TPSA) is 88.8 Å². The SMILES string of the molecule is COC(=O)c1ccc(-c2ccc(C3NC(C(=O)O)CS3)o2)cc1. The van der Waals surface area contributed by atoms with Crippen LogP contribution in [-0.2, 0) is 9.53 Å². The van der Waals surface area contributed by atoms with Crippen molar-refractivity contribution in [2.24, 2.45) is 0 Å². The highest BCUT2D eigenvalue weighted by Gasteiger charge is 2.32. The Bertz CT molecular complexity index is 724. The van der Waals surface area contributed by atoms with Gasteiger partial charge in [0.25, 0.3) is 0 Å². The molecular formula is C16H15NO5S. The third-order valence-corrected chi connectivity index (χ3v) is 4.78. The van der Waals surface area contributed by atoms with Crippen LogP contribution in [0.5, 0.6) is 0 Å². The van der Waals surface area contributed by atoms with Crippen molar-refractivity contribution in [1.29, 1.82) is 0 Å². The van der Waals surface area contributed by atoms with E-state index < -0.39 is 12.0 Å². The first kappa shape index (κ1) is 15.6. The van der Waals surface area contributed by atoms with Crippen molar-refractivity contribution in [3.8, 4) is 11.3 Å². The van der Waals surface area contributed by atoms with Crippen LogP contribution in [-0.4, -0.2) is 35.9 Å². The summed E-state index contributed by atoms with van der Waals surface area (Å²) in [5, 5.41) is 11.9. The lowest BCUT2D eigenvalue weighted by atomic mass is 10.1. The molecule has 7 heteroatoms. The molecular weight excluding hydrogens is 318 g/mol. The molecule has 1 aromatic heterocycles. The van der Waals surface area contributed by atoms with Crippen molar-refractivity contribution in [1.82, 2.24) is 5.32 Å². The van der Waals surface area contributed by atoms with E-state index in [-0.39, 0.29) is 11.3 Å². The van der Waals surface area contributed by atoms with Gasteiger partial charge in [0.1, 0.15) is 22.9 Å². The van der Waals surface area contributed by atoms with Crippen molar-refractivity contribution in [2.45, 2.75) is 11.4 Å². The largest absolute Gasteiger partial charge is 0.480 e. The van der Waals surface area contributed by atoms with E-state index in [0.717, 1.165) is 5.56 Å². The minimum atomic E-state index is -0.856. The molecule has 2 heterocycles. The van der Waals surface area contributed by atoms with Crippen molar-refractivity contribution in [3.05, 3.63) is 47.7 Å². The van der Waals surface area contributed by atoms with Gasteiger partial charge in [0.15, 0.2) is 0 Å². The molecule has 6 nitrogen and oxygen atoms in total. The highest BCUT2D eigenvalue weighted by molar-refractivity contribution is 7.99. The number of hydrogen-bond donors (Lipinski definition) is 2. The van der Waals surface area contributed by atoms with Gasteiger partial charge in [0.05, 0.1) is 12.7 Å². The minimum Gasteiger partial charge on any atom is -0.480 e. The number of carboxylic acid groups (broad SMARTS) is 1. The first-order chi connectivity index (χ1) is 11.1. The summed E-state index contributed by atoms with van der Waals surface area (Å²) in [7, 11) is 1.34. The molecule has 1 aromatic carbocycles. The number of aliphatic carboxylic acids is 1. The zero-order valence-corrected chi connectivity index (χ0v) is 13.1. The molecule has 1 saturated heterocycles. The maximum absolute atomic E-state index is 11.4. The van der Waals surface area contributed by atoms with Gasteiger partial charge in [-0.2, -0.15) is 0 Å². The Hall–Kier alpha value is -2.25. The summed E-state index contributed by atoms with van der Waals surface area (Å²) in [6.07, 6.45) is 0. The molecule has 0 saturated carbocycles. The second kappa shape index (κ2) is 6.47. The van der Waals surface area contributed by atoms with Crippen LogP contribution in [0.2, 0.25) is 0 Å². The second-order valence-corrected chi connectivity index (χ2v) is 6.18. The monoisotopic (exact) mass is 333 g/mol. The van der Waals surface area contributed by atoms with E-state index in [1.165, 1.54) is 18.9 Å². The lowest BCUT2D eigenvalue weighted by Gasteiger charge is -2.07. The molecule has 2 aromatic rings. The van der Waals surface area contributed by atoms with Crippen LogP contribution < -0.4 is 5.32 Å². The first-order valence-corrected chi connectivity index (χ1v) is 8.02. The molecule has 0 spiro atoms. The van der Waals surface area contributed by atoms with Crippen molar-refractivity contribution in [2.75, 3.05) is 12.9 Å². The molecule has 0 radical (unpaired) electrons. The lowest BCUT2D eigenvalue weighted by molar-refractivity contribution is -0.138. The fourth-order valence-electron chi connectivity index (χ4n) is 2.32. The quantitative estimate of drug-likeness (QED) is 0.831. The zero-order chi connectivity index (χ0) is 16.4. The van der Waals surface area contributed by atoms with Gasteiger partial charge < -0.3 is 14.3 Å². The van der Waals surface area contributed by atoms with Gasteiger partial charge in [0, 0.05) is 11.3 Å². The Morgan fingerprint density at radius 1 is 1.26 bits per heavy atom. The highest BCUT2D eigenvalue weighted by atomic mass is 32.2. The molecule has 2 atom stereocenters. The number of methoxy groups -OCH3 is 1. The molecule has 0 bridgehead atoms. The number of carbonyl (C=O) groups is 2. The van der Waals surface area contributed by atoms with Gasteiger partial charge >= 0.3 is 11.9 Å². The van der Waals surface area contributed by atoms with Crippen LogP contribution in [0.3, 0.4) is 0 Å². The number of carboxylic acids is 1. The van der Waals surface area contributed by atoms with E-state index in [9.17, 15) is 9.59 Å². The van der Waals surface area contributed by atoms with Crippen molar-refractivity contribution >= 4 is 23.7 Å². The number of thioether (sulfide) groups is 1. The van der Waals surface area contributed by atoms with Crippen LogP contribution in [0, 0.1) is 0 Å². The van der Waals surface area contributed by atoms with Crippen LogP contribution in [0.1, 0.15) is 21.5 Å². The van der Waals surface area contributed by atoms with Gasteiger partial charge in [-0.05, 0) is 24.3 Å². The summed E-state index contributed by atoms with van der Waals surface area (Å²) in [5.74, 6) is 0.612. The van der Waals surface area contributed by atoms with Gasteiger partial charge in [-0.1, -0.05) is 12.1 Å². The Labute approximate surface area is 136 Å². The smallest absolute Gasteiger partial charge is 0.337 e. The van der Waals surface area contributed by atoms with E-state index in [1.54, 1.807) is 24.3 Å². The summed E-state index contributed by atoms with van der Waals surface area (Å²) < 4.78 is 10.5. The number of carbonyl (C=O) groups excluding carboxylic acids is 1. The summed E-state index contributed by atoms with van der Waals surface area (Å²) in [6.45, 7) is 0. The molecule has 0 aliphatic carbocycles. The Morgan fingerprint density at radius 3 is 2.61 bits per heavy atom. The standard InChI is InChI=1S/C16H15NO5S/c1-21-16(20)10-4-2-9(3-5-10)12-6-7-13(22-12)14-17-11(8-23-14)15(18)19/h2-7,11,14,17H,8H2,1H3,(H,18,19). The molecule has 120 valence electrons. The molecule has 23 heavy (non-hydrogen) atoms. The zero-order valence-electron chi connectivity index (χ0n) is 12.3. The summed E-state index contributed by atoms with van der Waals surface area (Å²) in [5.41, 5.74) is 1.31. The van der Waals surface area contributed by atoms with Crippen LogP contribution >= 0.6 is 11.8 Å². The lowest BCUT2D eigenvalue weighted by Crippen LogP contribution is -2.33. The first-order valence-electron chi connectivity index (χ1n) is 6.97. The van der Waals surface area contributed by atoms with Crippen molar-refractivity contribution in [3.63, 3.8) is 0 Å².